The first-order valence-corrected chi connectivity index (χ1v) is 11.3. The van der Waals surface area contributed by atoms with Gasteiger partial charge in [-0.25, -0.2) is 0 Å². The minimum Gasteiger partial charge on any atom is -0.355 e. The molecule has 1 aromatic heterocycles. The van der Waals surface area contributed by atoms with Gasteiger partial charge in [0, 0.05) is 17.8 Å². The third-order valence-electron chi connectivity index (χ3n) is 4.87. The van der Waals surface area contributed by atoms with Crippen LogP contribution in [0.1, 0.15) is 47.4 Å². The van der Waals surface area contributed by atoms with E-state index in [1.54, 1.807) is 11.3 Å². The van der Waals surface area contributed by atoms with E-state index in [9.17, 15) is 9.59 Å². The van der Waals surface area contributed by atoms with Gasteiger partial charge in [0.25, 0.3) is 0 Å². The summed E-state index contributed by atoms with van der Waals surface area (Å²) in [6.45, 7) is 2.49. The van der Waals surface area contributed by atoms with E-state index in [1.807, 2.05) is 47.8 Å². The molecule has 5 heteroatoms. The Kier molecular flexibility index (Phi) is 8.21. The minimum atomic E-state index is -0.173. The molecule has 2 aromatic carbocycles. The van der Waals surface area contributed by atoms with Gasteiger partial charge in [-0.15, -0.1) is 11.3 Å². The number of hydrogen-bond acceptors (Lipinski definition) is 3. The first-order valence-electron chi connectivity index (χ1n) is 10.4. The Morgan fingerprint density at radius 3 is 2.33 bits per heavy atom. The van der Waals surface area contributed by atoms with Gasteiger partial charge in [-0.2, -0.15) is 0 Å². The molecule has 1 atom stereocenters. The summed E-state index contributed by atoms with van der Waals surface area (Å²) in [7, 11) is 0. The summed E-state index contributed by atoms with van der Waals surface area (Å²) >= 11 is 1.63. The average molecular weight is 421 g/mol. The van der Waals surface area contributed by atoms with E-state index < -0.39 is 0 Å². The lowest BCUT2D eigenvalue weighted by atomic mass is 10.0. The lowest BCUT2D eigenvalue weighted by Gasteiger charge is -2.19. The molecule has 0 spiro atoms. The first-order chi connectivity index (χ1) is 14.7. The topological polar surface area (TPSA) is 58.2 Å². The summed E-state index contributed by atoms with van der Waals surface area (Å²) in [6.07, 6.45) is 2.74. The fourth-order valence-corrected chi connectivity index (χ4v) is 4.13. The standard InChI is InChI=1S/C25H28N2O2S/c1-2-7-19-11-13-21(14-12-19)25(22-10-6-17-30-22)27-23(28)15-16-26-24(29)18-20-8-4-3-5-9-20/h3-6,8-14,17,25H,2,7,15-16,18H2,1H3,(H,26,29)(H,27,28). The molecular formula is C25H28N2O2S. The molecule has 0 aliphatic rings. The summed E-state index contributed by atoms with van der Waals surface area (Å²) in [4.78, 5) is 25.7. The summed E-state index contributed by atoms with van der Waals surface area (Å²) in [5, 5.41) is 7.98. The van der Waals surface area contributed by atoms with Crippen molar-refractivity contribution in [2.24, 2.45) is 0 Å². The Balaban J connectivity index is 1.54. The van der Waals surface area contributed by atoms with Gasteiger partial charge in [0.15, 0.2) is 0 Å². The number of hydrogen-bond donors (Lipinski definition) is 2. The van der Waals surface area contributed by atoms with Crippen LogP contribution < -0.4 is 10.6 Å². The molecule has 0 saturated heterocycles. The smallest absolute Gasteiger partial charge is 0.224 e. The second kappa shape index (κ2) is 11.3. The molecule has 0 bridgehead atoms. The van der Waals surface area contributed by atoms with Crippen molar-refractivity contribution < 1.29 is 9.59 Å². The van der Waals surface area contributed by atoms with Crippen LogP contribution in [0.2, 0.25) is 0 Å². The van der Waals surface area contributed by atoms with E-state index in [0.29, 0.717) is 13.0 Å². The molecule has 3 rings (SSSR count). The molecule has 1 unspecified atom stereocenters. The van der Waals surface area contributed by atoms with Crippen LogP contribution in [0.15, 0.2) is 72.1 Å². The molecule has 0 aliphatic carbocycles. The highest BCUT2D eigenvalue weighted by Gasteiger charge is 2.18. The van der Waals surface area contributed by atoms with E-state index in [2.05, 4.69) is 41.8 Å². The van der Waals surface area contributed by atoms with Crippen molar-refractivity contribution in [3.8, 4) is 0 Å². The van der Waals surface area contributed by atoms with Crippen molar-refractivity contribution in [2.75, 3.05) is 6.54 Å². The molecule has 4 nitrogen and oxygen atoms in total. The summed E-state index contributed by atoms with van der Waals surface area (Å²) in [6, 6.07) is 21.9. The van der Waals surface area contributed by atoms with Crippen molar-refractivity contribution in [3.05, 3.63) is 93.7 Å². The van der Waals surface area contributed by atoms with Crippen LogP contribution in [0.4, 0.5) is 0 Å². The van der Waals surface area contributed by atoms with Crippen LogP contribution >= 0.6 is 11.3 Å². The van der Waals surface area contributed by atoms with E-state index in [4.69, 9.17) is 0 Å². The van der Waals surface area contributed by atoms with Gasteiger partial charge in [-0.3, -0.25) is 9.59 Å². The van der Waals surface area contributed by atoms with Crippen molar-refractivity contribution in [2.45, 2.75) is 38.6 Å². The molecule has 2 N–H and O–H groups in total. The van der Waals surface area contributed by atoms with E-state index in [0.717, 1.165) is 28.8 Å². The van der Waals surface area contributed by atoms with Crippen LogP contribution in [0.5, 0.6) is 0 Å². The van der Waals surface area contributed by atoms with Gasteiger partial charge in [0.2, 0.25) is 11.8 Å². The third kappa shape index (κ3) is 6.56. The zero-order valence-corrected chi connectivity index (χ0v) is 18.1. The zero-order valence-electron chi connectivity index (χ0n) is 17.3. The molecule has 0 aliphatic heterocycles. The Morgan fingerprint density at radius 2 is 1.67 bits per heavy atom. The fraction of sp³-hybridized carbons (Fsp3) is 0.280. The summed E-state index contributed by atoms with van der Waals surface area (Å²) in [5.41, 5.74) is 3.33. The highest BCUT2D eigenvalue weighted by molar-refractivity contribution is 7.10. The van der Waals surface area contributed by atoms with Gasteiger partial charge in [0.1, 0.15) is 0 Å². The van der Waals surface area contributed by atoms with Crippen molar-refractivity contribution in [1.82, 2.24) is 10.6 Å². The number of carbonyl (C=O) groups is 2. The first kappa shape index (κ1) is 21.8. The van der Waals surface area contributed by atoms with Gasteiger partial charge in [0.05, 0.1) is 12.5 Å². The maximum absolute atomic E-state index is 12.6. The Bertz CT molecular complexity index is 922. The minimum absolute atomic E-state index is 0.0738. The van der Waals surface area contributed by atoms with Gasteiger partial charge in [-0.05, 0) is 34.6 Å². The SMILES string of the molecule is CCCc1ccc(C(NC(=O)CCNC(=O)Cc2ccccc2)c2cccs2)cc1. The monoisotopic (exact) mass is 420 g/mol. The fourth-order valence-electron chi connectivity index (χ4n) is 3.33. The second-order valence-electron chi connectivity index (χ2n) is 7.27. The van der Waals surface area contributed by atoms with E-state index >= 15 is 0 Å². The van der Waals surface area contributed by atoms with Crippen molar-refractivity contribution in [3.63, 3.8) is 0 Å². The number of thiophene rings is 1. The van der Waals surface area contributed by atoms with Crippen LogP contribution in [0.3, 0.4) is 0 Å². The largest absolute Gasteiger partial charge is 0.355 e. The zero-order chi connectivity index (χ0) is 21.2. The molecule has 156 valence electrons. The molecule has 2 amide bonds. The molecule has 30 heavy (non-hydrogen) atoms. The van der Waals surface area contributed by atoms with Gasteiger partial charge < -0.3 is 10.6 Å². The number of nitrogens with one attached hydrogen (secondary N) is 2. The molecule has 0 radical (unpaired) electrons. The predicted octanol–water partition coefficient (Wildman–Crippen LogP) is 4.66. The van der Waals surface area contributed by atoms with Gasteiger partial charge in [-0.1, -0.05) is 74.0 Å². The van der Waals surface area contributed by atoms with Crippen LogP contribution in [-0.2, 0) is 22.4 Å². The Morgan fingerprint density at radius 1 is 0.900 bits per heavy atom. The highest BCUT2D eigenvalue weighted by atomic mass is 32.1. The highest BCUT2D eigenvalue weighted by Crippen LogP contribution is 2.26. The lowest BCUT2D eigenvalue weighted by molar-refractivity contribution is -0.122. The average Bonchev–Trinajstić information content (AvgIpc) is 3.28. The van der Waals surface area contributed by atoms with Gasteiger partial charge >= 0.3 is 0 Å². The van der Waals surface area contributed by atoms with Crippen molar-refractivity contribution >= 4 is 23.2 Å². The second-order valence-corrected chi connectivity index (χ2v) is 8.25. The summed E-state index contributed by atoms with van der Waals surface area (Å²) < 4.78 is 0. The third-order valence-corrected chi connectivity index (χ3v) is 5.80. The Labute approximate surface area is 182 Å². The van der Waals surface area contributed by atoms with E-state index in [-0.39, 0.29) is 24.3 Å². The van der Waals surface area contributed by atoms with Crippen LogP contribution in [0.25, 0.3) is 0 Å². The molecule has 0 fully saturated rings. The quantitative estimate of drug-likeness (QED) is 0.501. The number of aryl methyl sites for hydroxylation is 1. The lowest BCUT2D eigenvalue weighted by Crippen LogP contribution is -2.33. The molecule has 0 saturated carbocycles. The number of rotatable bonds is 10. The van der Waals surface area contributed by atoms with E-state index in [1.165, 1.54) is 5.56 Å². The normalized spacial score (nSPS) is 11.6. The maximum Gasteiger partial charge on any atom is 0.224 e. The van der Waals surface area contributed by atoms with Crippen molar-refractivity contribution in [1.29, 1.82) is 0 Å². The Hall–Kier alpha value is -2.92. The molecule has 3 aromatic rings. The van der Waals surface area contributed by atoms with Crippen LogP contribution in [0, 0.1) is 0 Å². The number of amides is 2. The number of carbonyl (C=O) groups excluding carboxylic acids is 2. The maximum atomic E-state index is 12.6. The number of benzene rings is 2. The van der Waals surface area contributed by atoms with Crippen LogP contribution in [-0.4, -0.2) is 18.4 Å². The predicted molar refractivity (Wildman–Crippen MR) is 123 cm³/mol. The molecule has 1 heterocycles. The molecular weight excluding hydrogens is 392 g/mol. The summed E-state index contributed by atoms with van der Waals surface area (Å²) in [5.74, 6) is -0.152.